The highest BCUT2D eigenvalue weighted by atomic mass is 16.5. The molecule has 0 saturated carbocycles. The van der Waals surface area contributed by atoms with Crippen LogP contribution in [0.2, 0.25) is 0 Å². The first-order chi connectivity index (χ1) is 16.8. The zero-order chi connectivity index (χ0) is 25.0. The molecule has 1 fully saturated rings. The molecule has 1 aliphatic rings. The second kappa shape index (κ2) is 11.0. The van der Waals surface area contributed by atoms with E-state index in [0.717, 1.165) is 74.5 Å². The van der Waals surface area contributed by atoms with E-state index in [2.05, 4.69) is 71.0 Å². The Morgan fingerprint density at radius 3 is 2.69 bits per heavy atom. The summed E-state index contributed by atoms with van der Waals surface area (Å²) in [7, 11) is 0. The van der Waals surface area contributed by atoms with Gasteiger partial charge in [-0.3, -0.25) is 14.6 Å². The largest absolute Gasteiger partial charge is 0.379 e. The van der Waals surface area contributed by atoms with E-state index in [0.29, 0.717) is 6.54 Å². The molecule has 1 atom stereocenters. The maximum Gasteiger partial charge on any atom is 0.252 e. The highest BCUT2D eigenvalue weighted by molar-refractivity contribution is 5.79. The number of morpholine rings is 1. The Bertz CT molecular complexity index is 1170. The summed E-state index contributed by atoms with van der Waals surface area (Å²) in [6.07, 6.45) is 1.90. The van der Waals surface area contributed by atoms with Crippen LogP contribution in [0.15, 0.2) is 29.1 Å². The molecule has 4 rings (SSSR count). The third-order valence-corrected chi connectivity index (χ3v) is 6.69. The molecule has 2 aromatic heterocycles. The number of hydrogen-bond donors (Lipinski definition) is 1. The molecule has 1 unspecified atom stereocenters. The number of pyridine rings is 1. The molecular weight excluding hydrogens is 442 g/mol. The van der Waals surface area contributed by atoms with Crippen molar-refractivity contribution >= 4 is 10.9 Å². The van der Waals surface area contributed by atoms with Crippen LogP contribution >= 0.6 is 0 Å². The summed E-state index contributed by atoms with van der Waals surface area (Å²) in [6, 6.07) is 8.16. The Kier molecular flexibility index (Phi) is 7.98. The lowest BCUT2D eigenvalue weighted by atomic mass is 10.0. The molecule has 1 N–H and O–H groups in total. The molecule has 3 aromatic rings. The summed E-state index contributed by atoms with van der Waals surface area (Å²) in [5.74, 6) is 0.856. The van der Waals surface area contributed by atoms with Crippen LogP contribution in [0.1, 0.15) is 63.5 Å². The van der Waals surface area contributed by atoms with E-state index in [1.54, 1.807) is 0 Å². The number of fused-ring (bicyclic) bond motifs is 1. The van der Waals surface area contributed by atoms with Crippen LogP contribution in [0.4, 0.5) is 0 Å². The number of ether oxygens (including phenoxy) is 1. The average molecular weight is 482 g/mol. The minimum absolute atomic E-state index is 0.00266. The van der Waals surface area contributed by atoms with Gasteiger partial charge in [-0.25, -0.2) is 4.68 Å². The Hall–Kier alpha value is -2.62. The first-order valence-electron chi connectivity index (χ1n) is 12.7. The number of aryl methyl sites for hydroxylation is 1. The van der Waals surface area contributed by atoms with Crippen molar-refractivity contribution in [2.75, 3.05) is 39.4 Å². The first kappa shape index (κ1) is 25.5. The van der Waals surface area contributed by atoms with E-state index in [1.165, 1.54) is 5.56 Å². The molecule has 35 heavy (non-hydrogen) atoms. The number of nitrogens with zero attached hydrogens (tertiary/aromatic N) is 6. The van der Waals surface area contributed by atoms with Gasteiger partial charge >= 0.3 is 0 Å². The molecule has 9 heteroatoms. The molecule has 0 radical (unpaired) electrons. The standard InChI is InChI=1S/C26H39N7O2/c1-6-7-23(24-28-29-30-33(24)26(3,4)5)32(11-10-31-12-14-35-15-13-31)18-21-17-20-16-19(2)8-9-22(20)27-25(21)34/h8-9,16-17,23H,6-7,10-15,18H2,1-5H3,(H,27,34). The van der Waals surface area contributed by atoms with E-state index < -0.39 is 0 Å². The van der Waals surface area contributed by atoms with Gasteiger partial charge in [0, 0.05) is 43.8 Å². The summed E-state index contributed by atoms with van der Waals surface area (Å²) in [6.45, 7) is 16.3. The number of nitrogens with one attached hydrogen (secondary N) is 1. The van der Waals surface area contributed by atoms with Gasteiger partial charge in [0.2, 0.25) is 0 Å². The average Bonchev–Trinajstić information content (AvgIpc) is 3.32. The Labute approximate surface area is 207 Å². The molecule has 1 saturated heterocycles. The summed E-state index contributed by atoms with van der Waals surface area (Å²) in [4.78, 5) is 21.0. The van der Waals surface area contributed by atoms with Crippen molar-refractivity contribution in [1.29, 1.82) is 0 Å². The van der Waals surface area contributed by atoms with Crippen molar-refractivity contribution in [3.8, 4) is 0 Å². The fraction of sp³-hybridized carbons (Fsp3) is 0.615. The SMILES string of the molecule is CCCC(c1nnnn1C(C)(C)C)N(CCN1CCOCC1)Cc1cc2cc(C)ccc2[nH]c1=O. The van der Waals surface area contributed by atoms with Crippen molar-refractivity contribution in [3.05, 3.63) is 51.6 Å². The Morgan fingerprint density at radius 2 is 1.97 bits per heavy atom. The summed E-state index contributed by atoms with van der Waals surface area (Å²) >= 11 is 0. The topological polar surface area (TPSA) is 92.2 Å². The lowest BCUT2D eigenvalue weighted by molar-refractivity contribution is 0.0287. The van der Waals surface area contributed by atoms with Gasteiger partial charge in [-0.05, 0) is 68.1 Å². The number of tetrazole rings is 1. The number of aromatic amines is 1. The third kappa shape index (κ3) is 6.15. The van der Waals surface area contributed by atoms with Crippen LogP contribution in [0.25, 0.3) is 10.9 Å². The van der Waals surface area contributed by atoms with Crippen molar-refractivity contribution < 1.29 is 4.74 Å². The van der Waals surface area contributed by atoms with Crippen molar-refractivity contribution in [3.63, 3.8) is 0 Å². The normalized spacial score (nSPS) is 16.3. The van der Waals surface area contributed by atoms with Gasteiger partial charge in [-0.2, -0.15) is 0 Å². The second-order valence-electron chi connectivity index (χ2n) is 10.6. The van der Waals surface area contributed by atoms with Gasteiger partial charge < -0.3 is 9.72 Å². The van der Waals surface area contributed by atoms with E-state index in [1.807, 2.05) is 22.9 Å². The van der Waals surface area contributed by atoms with Gasteiger partial charge in [0.1, 0.15) is 0 Å². The van der Waals surface area contributed by atoms with E-state index >= 15 is 0 Å². The van der Waals surface area contributed by atoms with Crippen molar-refractivity contribution in [1.82, 2.24) is 35.0 Å². The van der Waals surface area contributed by atoms with Gasteiger partial charge in [-0.1, -0.05) is 25.0 Å². The van der Waals surface area contributed by atoms with Crippen molar-refractivity contribution in [2.45, 2.75) is 65.6 Å². The van der Waals surface area contributed by atoms with Crippen LogP contribution in [0.5, 0.6) is 0 Å². The molecule has 3 heterocycles. The number of hydrogen-bond acceptors (Lipinski definition) is 7. The quantitative estimate of drug-likeness (QED) is 0.501. The maximum atomic E-state index is 13.1. The molecule has 9 nitrogen and oxygen atoms in total. The lowest BCUT2D eigenvalue weighted by Gasteiger charge is -2.35. The predicted octanol–water partition coefficient (Wildman–Crippen LogP) is 3.25. The molecule has 1 aliphatic heterocycles. The molecule has 1 aromatic carbocycles. The molecule has 190 valence electrons. The van der Waals surface area contributed by atoms with Crippen LogP contribution in [-0.4, -0.2) is 74.4 Å². The monoisotopic (exact) mass is 481 g/mol. The Balaban J connectivity index is 1.69. The molecule has 0 amide bonds. The molecule has 0 aliphatic carbocycles. The summed E-state index contributed by atoms with van der Waals surface area (Å²) in [5.41, 5.74) is 2.53. The van der Waals surface area contributed by atoms with E-state index in [9.17, 15) is 4.79 Å². The highest BCUT2D eigenvalue weighted by Gasteiger charge is 2.30. The maximum absolute atomic E-state index is 13.1. The van der Waals surface area contributed by atoms with Gasteiger partial charge in [0.05, 0.1) is 24.8 Å². The zero-order valence-electron chi connectivity index (χ0n) is 21.8. The van der Waals surface area contributed by atoms with E-state index in [4.69, 9.17) is 4.74 Å². The molecule has 0 spiro atoms. The summed E-state index contributed by atoms with van der Waals surface area (Å²) < 4.78 is 7.47. The first-order valence-corrected chi connectivity index (χ1v) is 12.7. The Morgan fingerprint density at radius 1 is 1.20 bits per heavy atom. The highest BCUT2D eigenvalue weighted by Crippen LogP contribution is 2.28. The smallest absolute Gasteiger partial charge is 0.252 e. The van der Waals surface area contributed by atoms with Crippen LogP contribution in [-0.2, 0) is 16.8 Å². The predicted molar refractivity (Wildman–Crippen MR) is 137 cm³/mol. The van der Waals surface area contributed by atoms with Crippen LogP contribution in [0, 0.1) is 6.92 Å². The number of H-pyrrole nitrogens is 1. The number of rotatable bonds is 9. The van der Waals surface area contributed by atoms with Gasteiger partial charge in [0.15, 0.2) is 5.82 Å². The van der Waals surface area contributed by atoms with Crippen molar-refractivity contribution in [2.24, 2.45) is 0 Å². The third-order valence-electron chi connectivity index (χ3n) is 6.69. The van der Waals surface area contributed by atoms with Crippen LogP contribution < -0.4 is 5.56 Å². The summed E-state index contributed by atoms with van der Waals surface area (Å²) in [5, 5.41) is 13.9. The second-order valence-corrected chi connectivity index (χ2v) is 10.6. The van der Waals surface area contributed by atoms with E-state index in [-0.39, 0.29) is 17.1 Å². The molecule has 0 bridgehead atoms. The number of aromatic nitrogens is 5. The molecular formula is C26H39N7O2. The fourth-order valence-corrected chi connectivity index (χ4v) is 4.78. The minimum atomic E-state index is -0.237. The fourth-order valence-electron chi connectivity index (χ4n) is 4.78. The van der Waals surface area contributed by atoms with Gasteiger partial charge in [0.25, 0.3) is 5.56 Å². The lowest BCUT2D eigenvalue weighted by Crippen LogP contribution is -2.43. The number of benzene rings is 1. The van der Waals surface area contributed by atoms with Gasteiger partial charge in [-0.15, -0.1) is 5.10 Å². The van der Waals surface area contributed by atoms with Crippen LogP contribution in [0.3, 0.4) is 0 Å². The minimum Gasteiger partial charge on any atom is -0.379 e. The zero-order valence-corrected chi connectivity index (χ0v) is 21.8.